The van der Waals surface area contributed by atoms with Crippen LogP contribution in [0.2, 0.25) is 0 Å². The van der Waals surface area contributed by atoms with Gasteiger partial charge in [0, 0.05) is 64.1 Å². The smallest absolute Gasteiger partial charge is 0.197 e. The Morgan fingerprint density at radius 1 is 0.453 bits per heavy atom. The summed E-state index contributed by atoms with van der Waals surface area (Å²) >= 11 is 10.00. The van der Waals surface area contributed by atoms with Gasteiger partial charge in [-0.15, -0.1) is 23.2 Å². The van der Waals surface area contributed by atoms with Gasteiger partial charge in [0.15, 0.2) is 10.9 Å². The minimum Gasteiger partial charge on any atom is -1.00 e. The first kappa shape index (κ1) is 78.4. The summed E-state index contributed by atoms with van der Waals surface area (Å²) in [4.78, 5) is 29.7. The SMILES string of the molecule is C1CCOC1.C=Cc1ccccc1.C=Cc1ccccc1.C=Cc1ccccc1.C=Cc1ccccc1.CCCl.CCCl.CC[N+](C)(C)C.CCn1c2ccccc2c(=O)c2ccccc21.CN(C)C.O=c1c2ccccc2[nH]c2ccccc12.[Cl-]. The molecule has 10 heteroatoms. The normalized spacial score (nSPS) is 10.3. The van der Waals surface area contributed by atoms with Gasteiger partial charge >= 0.3 is 0 Å². The van der Waals surface area contributed by atoms with E-state index in [0.29, 0.717) is 0 Å². The third-order valence-electron chi connectivity index (χ3n) is 11.7. The number of hydrogen-bond donors (Lipinski definition) is 1. The minimum atomic E-state index is 0. The lowest BCUT2D eigenvalue weighted by Gasteiger charge is -2.20. The molecule has 1 saturated heterocycles. The molecular formula is C76H95Cl3N4O3. The maximum Gasteiger partial charge on any atom is 0.197 e. The fourth-order valence-electron chi connectivity index (χ4n) is 7.15. The molecular weight excluding hydrogens is 1120 g/mol. The highest BCUT2D eigenvalue weighted by atomic mass is 35.5. The van der Waals surface area contributed by atoms with E-state index in [-0.39, 0.29) is 23.3 Å². The van der Waals surface area contributed by atoms with Crippen molar-refractivity contribution in [3.8, 4) is 0 Å². The predicted molar refractivity (Wildman–Crippen MR) is 381 cm³/mol. The van der Waals surface area contributed by atoms with Gasteiger partial charge < -0.3 is 36.1 Å². The van der Waals surface area contributed by atoms with Crippen LogP contribution in [-0.2, 0) is 11.3 Å². The van der Waals surface area contributed by atoms with E-state index in [9.17, 15) is 9.59 Å². The van der Waals surface area contributed by atoms with E-state index in [4.69, 9.17) is 27.9 Å². The van der Waals surface area contributed by atoms with Crippen LogP contribution < -0.4 is 23.3 Å². The fourth-order valence-corrected chi connectivity index (χ4v) is 7.15. The van der Waals surface area contributed by atoms with Gasteiger partial charge in [-0.2, -0.15) is 0 Å². The third kappa shape index (κ3) is 33.2. The number of rotatable bonds is 6. The molecule has 10 aromatic rings. The molecule has 1 N–H and O–H groups in total. The van der Waals surface area contributed by atoms with Crippen molar-refractivity contribution in [1.82, 2.24) is 14.5 Å². The van der Waals surface area contributed by atoms with Gasteiger partial charge in [0.05, 0.1) is 38.7 Å². The average molecular weight is 1220 g/mol. The molecule has 0 bridgehead atoms. The Hall–Kier alpha value is -7.59. The Bertz CT molecular complexity index is 3160. The van der Waals surface area contributed by atoms with E-state index >= 15 is 0 Å². The number of alkyl halides is 2. The molecule has 3 heterocycles. The van der Waals surface area contributed by atoms with Crippen molar-refractivity contribution in [2.75, 3.05) is 73.8 Å². The summed E-state index contributed by atoms with van der Waals surface area (Å²) in [6, 6.07) is 70.9. The number of para-hydroxylation sites is 4. The van der Waals surface area contributed by atoms with Crippen LogP contribution in [0.3, 0.4) is 0 Å². The van der Waals surface area contributed by atoms with Gasteiger partial charge in [-0.05, 0) is 119 Å². The van der Waals surface area contributed by atoms with Crippen molar-refractivity contribution < 1.29 is 21.6 Å². The van der Waals surface area contributed by atoms with Crippen molar-refractivity contribution in [2.45, 2.75) is 47.1 Å². The maximum absolute atomic E-state index is 12.3. The lowest BCUT2D eigenvalue weighted by atomic mass is 10.1. The van der Waals surface area contributed by atoms with Crippen LogP contribution >= 0.6 is 23.2 Å². The van der Waals surface area contributed by atoms with Crippen LogP contribution in [-0.4, -0.2) is 92.7 Å². The van der Waals surface area contributed by atoms with Crippen LogP contribution in [0, 0.1) is 0 Å². The minimum absolute atomic E-state index is 0. The molecule has 0 unspecified atom stereocenters. The predicted octanol–water partition coefficient (Wildman–Crippen LogP) is 16.4. The summed E-state index contributed by atoms with van der Waals surface area (Å²) in [6.45, 7) is 26.7. The number of ether oxygens (including phenoxy) is 1. The Labute approximate surface area is 532 Å². The first-order valence-electron chi connectivity index (χ1n) is 28.9. The molecule has 0 radical (unpaired) electrons. The quantitative estimate of drug-likeness (QED) is 0.102. The molecule has 458 valence electrons. The first-order valence-corrected chi connectivity index (χ1v) is 29.9. The molecule has 0 atom stereocenters. The van der Waals surface area contributed by atoms with Crippen molar-refractivity contribution >= 4 is 91.1 Å². The van der Waals surface area contributed by atoms with E-state index < -0.39 is 0 Å². The maximum atomic E-state index is 12.3. The van der Waals surface area contributed by atoms with E-state index in [2.05, 4.69) is 70.9 Å². The van der Waals surface area contributed by atoms with Gasteiger partial charge in [0.2, 0.25) is 0 Å². The number of aromatic amines is 1. The highest BCUT2D eigenvalue weighted by Gasteiger charge is 2.08. The number of hydrogen-bond acceptors (Lipinski definition) is 4. The highest BCUT2D eigenvalue weighted by molar-refractivity contribution is 6.17. The zero-order valence-electron chi connectivity index (χ0n) is 52.8. The summed E-state index contributed by atoms with van der Waals surface area (Å²) in [7, 11) is 12.5. The Morgan fingerprint density at radius 3 is 0.907 bits per heavy atom. The standard InChI is InChI=1S/C15H13NO.C13H9NO.4C8H8.C5H14N.C4H8O.C3H9N.2C2H5Cl.ClH/c1-2-16-13-9-5-3-7-11(13)15(17)12-8-4-6-10-14(12)16;15-13-9-5-1-3-7-11(9)14-12-8-4-2-6-10(12)13;4*1-2-8-6-4-3-5-7-8;1-5-6(2,3)4;1-2-4-5-3-1;1-4(2)3;2*1-2-3;/h3-10H,2H2,1H3;1-8H,(H,14,15);4*2-7H,1H2;5H2,1-4H3;1-4H2;1-3H3;2*2H2,1H3;1H/q;;;;;;+1;;;;;/p-1. The number of H-pyrrole nitrogens is 1. The summed E-state index contributed by atoms with van der Waals surface area (Å²) < 4.78 is 8.20. The highest BCUT2D eigenvalue weighted by Crippen LogP contribution is 2.19. The molecule has 1 aliphatic rings. The summed E-state index contributed by atoms with van der Waals surface area (Å²) in [5.74, 6) is 1.44. The van der Waals surface area contributed by atoms with Crippen molar-refractivity contribution in [3.63, 3.8) is 0 Å². The lowest BCUT2D eigenvalue weighted by molar-refractivity contribution is -0.868. The van der Waals surface area contributed by atoms with Crippen LogP contribution in [0.1, 0.15) is 62.8 Å². The number of aryl methyl sites for hydroxylation is 1. The number of pyridine rings is 2. The van der Waals surface area contributed by atoms with E-state index in [1.54, 1.807) is 0 Å². The Balaban J connectivity index is 0.000000964. The van der Waals surface area contributed by atoms with Gasteiger partial charge in [0.1, 0.15) is 0 Å². The zero-order valence-corrected chi connectivity index (χ0v) is 55.0. The zero-order chi connectivity index (χ0) is 63.1. The van der Waals surface area contributed by atoms with Crippen LogP contribution in [0.5, 0.6) is 0 Å². The summed E-state index contributed by atoms with van der Waals surface area (Å²) in [5.41, 5.74) is 8.72. The average Bonchev–Trinajstić information content (AvgIpc) is 4.25. The molecule has 11 rings (SSSR count). The lowest BCUT2D eigenvalue weighted by Crippen LogP contribution is -3.00. The molecule has 8 aromatic carbocycles. The monoisotopic (exact) mass is 1220 g/mol. The van der Waals surface area contributed by atoms with Crippen LogP contribution in [0.15, 0.2) is 254 Å². The second-order valence-electron chi connectivity index (χ2n) is 19.9. The molecule has 86 heavy (non-hydrogen) atoms. The van der Waals surface area contributed by atoms with E-state index in [1.807, 2.05) is 283 Å². The second kappa shape index (κ2) is 48.6. The van der Waals surface area contributed by atoms with Gasteiger partial charge in [0.25, 0.3) is 0 Å². The molecule has 7 nitrogen and oxygen atoms in total. The number of fused-ring (bicyclic) bond motifs is 4. The Kier molecular flexibility index (Phi) is 44.3. The molecule has 0 aliphatic carbocycles. The van der Waals surface area contributed by atoms with Crippen LogP contribution in [0.25, 0.3) is 67.9 Å². The van der Waals surface area contributed by atoms with Gasteiger partial charge in [-0.3, -0.25) is 9.59 Å². The number of aromatic nitrogens is 2. The van der Waals surface area contributed by atoms with Crippen LogP contribution in [0.4, 0.5) is 0 Å². The van der Waals surface area contributed by atoms with Crippen molar-refractivity contribution in [1.29, 1.82) is 0 Å². The molecule has 0 amide bonds. The topological polar surface area (TPSA) is 67.3 Å². The first-order chi connectivity index (χ1) is 41.0. The molecule has 1 fully saturated rings. The number of benzene rings is 8. The number of nitrogens with one attached hydrogen (secondary N) is 1. The fraction of sp³-hybridized carbons (Fsp3) is 0.237. The molecule has 0 spiro atoms. The van der Waals surface area contributed by atoms with E-state index in [1.165, 1.54) is 41.6 Å². The van der Waals surface area contributed by atoms with Crippen molar-refractivity contribution in [3.05, 3.63) is 287 Å². The molecule has 1 aliphatic heterocycles. The Morgan fingerprint density at radius 2 is 0.686 bits per heavy atom. The second-order valence-corrected chi connectivity index (χ2v) is 21.0. The van der Waals surface area contributed by atoms with Gasteiger partial charge in [-0.1, -0.05) is 234 Å². The van der Waals surface area contributed by atoms with Gasteiger partial charge in [-0.25, -0.2) is 0 Å². The summed E-state index contributed by atoms with van der Waals surface area (Å²) in [6.07, 6.45) is 9.89. The van der Waals surface area contributed by atoms with E-state index in [0.717, 1.165) is 79.6 Å². The number of halogens is 3. The molecule has 0 saturated carbocycles. The van der Waals surface area contributed by atoms with Crippen molar-refractivity contribution in [2.24, 2.45) is 0 Å². The summed E-state index contributed by atoms with van der Waals surface area (Å²) in [5, 5.41) is 3.09. The number of quaternary nitrogens is 1. The molecule has 2 aromatic heterocycles. The third-order valence-corrected chi connectivity index (χ3v) is 11.7. The largest absolute Gasteiger partial charge is 1.00 e. The number of nitrogens with zero attached hydrogens (tertiary/aromatic N) is 3.